The third-order valence-corrected chi connectivity index (χ3v) is 15.9. The molecule has 3 N–H and O–H groups in total. The van der Waals surface area contributed by atoms with Gasteiger partial charge in [-0.25, -0.2) is 9.82 Å². The summed E-state index contributed by atoms with van der Waals surface area (Å²) in [6, 6.07) is 17.1. The van der Waals surface area contributed by atoms with Gasteiger partial charge in [0.2, 0.25) is 5.91 Å². The lowest BCUT2D eigenvalue weighted by atomic mass is 9.83. The number of piperazine rings is 1. The first-order valence-corrected chi connectivity index (χ1v) is 27.0. The van der Waals surface area contributed by atoms with Crippen molar-refractivity contribution in [3.05, 3.63) is 101 Å². The molecular formula is C59H75FN8O8. The van der Waals surface area contributed by atoms with E-state index in [4.69, 9.17) is 19.2 Å². The van der Waals surface area contributed by atoms with Gasteiger partial charge in [0.1, 0.15) is 35.8 Å². The molecule has 6 heterocycles. The third-order valence-electron chi connectivity index (χ3n) is 15.9. The normalized spacial score (nSPS) is 22.3. The Kier molecular flexibility index (Phi) is 16.2. The average molecular weight is 1040 g/mol. The molecule has 76 heavy (non-hydrogen) atoms. The standard InChI is InChI=1S/C59H75FN8O8/c1-10-67-48-19-18-42-39-27-37(28-41(69)30-39)29-47(62-55(70)52(35(2)3)65(8)57(72)54-43(20-26-75-54)38-15-12-11-13-16-38)56(71)68-21-14-17-46(63-68)58(73)76-34-59(5,6)32-45(49(48)50(42)60)53(67)44-31-40(33-61-51(44)36(4)74-9)66-24-22-64(7)23-25-66/h11-13,15-16,18-19,27-28,30-31,33,35-36,43,46-47,52,54,63,69H,10,14,17,20-26,29,32,34H2,1-9H3,(H,62,70)/t36-,43?,46?,47-,52-,54+/m0/s1. The van der Waals surface area contributed by atoms with E-state index in [0.717, 1.165) is 48.7 Å². The summed E-state index contributed by atoms with van der Waals surface area (Å²) in [4.78, 5) is 69.3. The van der Waals surface area contributed by atoms with Crippen LogP contribution in [0.5, 0.6) is 5.75 Å². The number of aryl methyl sites for hydroxylation is 1. The van der Waals surface area contributed by atoms with E-state index in [1.54, 1.807) is 26.3 Å². The lowest BCUT2D eigenvalue weighted by Crippen LogP contribution is -2.62. The van der Waals surface area contributed by atoms with Crippen LogP contribution in [0.25, 0.3) is 33.3 Å². The van der Waals surface area contributed by atoms with Gasteiger partial charge < -0.3 is 43.9 Å². The van der Waals surface area contributed by atoms with Gasteiger partial charge in [-0.05, 0) is 105 Å². The Balaban J connectivity index is 1.14. The number of hydrogen-bond acceptors (Lipinski definition) is 12. The van der Waals surface area contributed by atoms with Gasteiger partial charge in [-0.2, -0.15) is 0 Å². The molecule has 6 bridgehead atoms. The van der Waals surface area contributed by atoms with E-state index < -0.39 is 59.3 Å². The van der Waals surface area contributed by atoms with E-state index in [1.165, 1.54) is 22.0 Å². The smallest absolute Gasteiger partial charge is 0.324 e. The quantitative estimate of drug-likeness (QED) is 0.112. The number of phenolic OH excluding ortho intramolecular Hbond substituents is 1. The van der Waals surface area contributed by atoms with Gasteiger partial charge in [0.25, 0.3) is 11.8 Å². The minimum absolute atomic E-state index is 0.0200. The van der Waals surface area contributed by atoms with Crippen LogP contribution in [0.4, 0.5) is 10.1 Å². The molecule has 3 aromatic carbocycles. The minimum atomic E-state index is -1.26. The van der Waals surface area contributed by atoms with Crippen molar-refractivity contribution in [3.63, 3.8) is 0 Å². The number of anilines is 1. The maximum atomic E-state index is 18.3. The van der Waals surface area contributed by atoms with Crippen molar-refractivity contribution in [2.24, 2.45) is 11.3 Å². The van der Waals surface area contributed by atoms with Crippen molar-refractivity contribution >= 4 is 40.3 Å². The maximum absolute atomic E-state index is 18.3. The van der Waals surface area contributed by atoms with Crippen LogP contribution in [0.15, 0.2) is 72.9 Å². The number of cyclic esters (lactones) is 1. The van der Waals surface area contributed by atoms with Crippen molar-refractivity contribution in [1.82, 2.24) is 35.1 Å². The second-order valence-electron chi connectivity index (χ2n) is 22.3. The highest BCUT2D eigenvalue weighted by Gasteiger charge is 2.43. The van der Waals surface area contributed by atoms with Crippen LogP contribution in [-0.4, -0.2) is 145 Å². The maximum Gasteiger partial charge on any atom is 0.324 e. The van der Waals surface area contributed by atoms with E-state index in [2.05, 4.69) is 38.2 Å². The highest BCUT2D eigenvalue weighted by atomic mass is 19.1. The summed E-state index contributed by atoms with van der Waals surface area (Å²) in [5.74, 6) is -3.24. The largest absolute Gasteiger partial charge is 0.508 e. The fourth-order valence-electron chi connectivity index (χ4n) is 11.8. The van der Waals surface area contributed by atoms with E-state index in [-0.39, 0.29) is 48.6 Å². The van der Waals surface area contributed by atoms with Gasteiger partial charge in [0.05, 0.1) is 41.5 Å². The zero-order valence-corrected chi connectivity index (χ0v) is 45.5. The first-order valence-electron chi connectivity index (χ1n) is 27.0. The van der Waals surface area contributed by atoms with Crippen LogP contribution >= 0.6 is 0 Å². The van der Waals surface area contributed by atoms with Gasteiger partial charge in [-0.1, -0.05) is 64.1 Å². The summed E-state index contributed by atoms with van der Waals surface area (Å²) >= 11 is 0. The van der Waals surface area contributed by atoms with Crippen molar-refractivity contribution in [2.75, 3.05) is 72.0 Å². The predicted octanol–water partition coefficient (Wildman–Crippen LogP) is 7.40. The van der Waals surface area contributed by atoms with Crippen molar-refractivity contribution in [3.8, 4) is 28.1 Å². The monoisotopic (exact) mass is 1040 g/mol. The SMILES string of the molecule is CCn1c(-c2cc(N3CCN(C)CC3)cnc2[C@H](C)OC)c2c3c(F)c(ccc31)-c1cc(O)cc(c1)C[C@H](NC(=O)[C@H](C(C)C)N(C)C(=O)[C@@H]1OCCC1c1ccccc1)C(=O)N1CCCC(N1)C(=O)OCC(C)(C)C2. The van der Waals surface area contributed by atoms with E-state index in [0.29, 0.717) is 72.1 Å². The second kappa shape index (κ2) is 22.7. The van der Waals surface area contributed by atoms with Gasteiger partial charge in [-0.15, -0.1) is 0 Å². The molecule has 3 saturated heterocycles. The molecule has 9 rings (SSSR count). The minimum Gasteiger partial charge on any atom is -0.508 e. The van der Waals surface area contributed by atoms with Crippen LogP contribution in [0, 0.1) is 17.2 Å². The summed E-state index contributed by atoms with van der Waals surface area (Å²) in [6.07, 6.45) is 2.37. The predicted molar refractivity (Wildman–Crippen MR) is 290 cm³/mol. The molecule has 4 aliphatic rings. The first-order chi connectivity index (χ1) is 36.4. The lowest BCUT2D eigenvalue weighted by Gasteiger charge is -2.37. The van der Waals surface area contributed by atoms with Crippen LogP contribution in [-0.2, 0) is 52.8 Å². The van der Waals surface area contributed by atoms with Gasteiger partial charge in [-0.3, -0.25) is 29.2 Å². The number of halogens is 1. The molecular weight excluding hydrogens is 968 g/mol. The number of phenols is 1. The Morgan fingerprint density at radius 2 is 1.75 bits per heavy atom. The Labute approximate surface area is 445 Å². The molecule has 0 spiro atoms. The number of nitrogens with one attached hydrogen (secondary N) is 2. The summed E-state index contributed by atoms with van der Waals surface area (Å²) < 4.78 is 38.5. The van der Waals surface area contributed by atoms with E-state index >= 15 is 4.39 Å². The number of carbonyl (C=O) groups excluding carboxylic acids is 4. The first kappa shape index (κ1) is 54.4. The number of benzene rings is 3. The Bertz CT molecular complexity index is 2960. The van der Waals surface area contributed by atoms with Crippen LogP contribution in [0.3, 0.4) is 0 Å². The summed E-state index contributed by atoms with van der Waals surface area (Å²) in [6.45, 7) is 16.2. The number of methoxy groups -OCH3 is 1. The molecule has 0 saturated carbocycles. The van der Waals surface area contributed by atoms with Gasteiger partial charge in [0.15, 0.2) is 0 Å². The topological polar surface area (TPSA) is 171 Å². The number of ether oxygens (including phenoxy) is 3. The number of hydrogen-bond donors (Lipinski definition) is 3. The Hall–Kier alpha value is -6.40. The van der Waals surface area contributed by atoms with Crippen LogP contribution in [0.1, 0.15) is 95.2 Å². The number of esters is 1. The lowest BCUT2D eigenvalue weighted by molar-refractivity contribution is -0.155. The average Bonchev–Trinajstić information content (AvgIpc) is 4.06. The fourth-order valence-corrected chi connectivity index (χ4v) is 11.8. The number of amides is 3. The zero-order chi connectivity index (χ0) is 54.2. The molecule has 3 fully saturated rings. The molecule has 16 nitrogen and oxygen atoms in total. The zero-order valence-electron chi connectivity index (χ0n) is 45.5. The highest BCUT2D eigenvalue weighted by Crippen LogP contribution is 2.45. The molecule has 6 atom stereocenters. The van der Waals surface area contributed by atoms with E-state index in [9.17, 15) is 24.3 Å². The second-order valence-corrected chi connectivity index (χ2v) is 22.3. The summed E-state index contributed by atoms with van der Waals surface area (Å²) in [7, 11) is 5.35. The number of aromatic hydroxyl groups is 1. The fraction of sp³-hybridized carbons (Fsp3) is 0.508. The van der Waals surface area contributed by atoms with Gasteiger partial charge in [0, 0.05) is 94.3 Å². The molecule has 0 radical (unpaired) electrons. The Morgan fingerprint density at radius 1 is 1.00 bits per heavy atom. The number of fused-ring (bicyclic) bond motifs is 6. The van der Waals surface area contributed by atoms with Crippen LogP contribution in [0.2, 0.25) is 0 Å². The number of aromatic nitrogens is 2. The Morgan fingerprint density at radius 3 is 2.46 bits per heavy atom. The van der Waals surface area contributed by atoms with E-state index in [1.807, 2.05) is 84.1 Å². The molecule has 2 unspecified atom stereocenters. The molecule has 4 aliphatic heterocycles. The third kappa shape index (κ3) is 11.1. The van der Waals surface area contributed by atoms with Crippen molar-refractivity contribution in [1.29, 1.82) is 0 Å². The molecule has 3 amide bonds. The van der Waals surface area contributed by atoms with Crippen molar-refractivity contribution in [2.45, 2.75) is 116 Å². The number of pyridine rings is 1. The number of hydrazine groups is 1. The number of nitrogens with zero attached hydrogens (tertiary/aromatic N) is 6. The molecule has 5 aromatic rings. The molecule has 406 valence electrons. The molecule has 2 aromatic heterocycles. The number of carbonyl (C=O) groups is 4. The molecule has 0 aliphatic carbocycles. The summed E-state index contributed by atoms with van der Waals surface area (Å²) in [5, 5.41) is 16.2. The number of rotatable bonds is 11. The van der Waals surface area contributed by atoms with Crippen molar-refractivity contribution < 1.29 is 42.9 Å². The highest BCUT2D eigenvalue weighted by molar-refractivity contribution is 5.97. The number of likely N-dealkylation sites (N-methyl/N-ethyl adjacent to an activating group) is 2. The van der Waals surface area contributed by atoms with Crippen LogP contribution < -0.4 is 15.6 Å². The van der Waals surface area contributed by atoms with Gasteiger partial charge >= 0.3 is 5.97 Å². The molecule has 17 heteroatoms. The summed E-state index contributed by atoms with van der Waals surface area (Å²) in [5.41, 5.74) is 9.05.